The summed E-state index contributed by atoms with van der Waals surface area (Å²) in [6.07, 6.45) is 3.61. The first kappa shape index (κ1) is 17.6. The summed E-state index contributed by atoms with van der Waals surface area (Å²) in [4.78, 5) is 8.76. The van der Waals surface area contributed by atoms with Crippen LogP contribution in [0.2, 0.25) is 0 Å². The van der Waals surface area contributed by atoms with Crippen molar-refractivity contribution in [2.45, 2.75) is 6.85 Å². The summed E-state index contributed by atoms with van der Waals surface area (Å²) in [5.41, 5.74) is 6.67. The predicted octanol–water partition coefficient (Wildman–Crippen LogP) is 8.37. The van der Waals surface area contributed by atoms with Crippen LogP contribution in [0.1, 0.15) is 9.94 Å². The first-order valence-electron chi connectivity index (χ1n) is 13.4. The van der Waals surface area contributed by atoms with Gasteiger partial charge in [0.15, 0.2) is 0 Å². The van der Waals surface area contributed by atoms with Crippen molar-refractivity contribution in [1.29, 1.82) is 0 Å². The molecule has 0 unspecified atom stereocenters. The molecule has 0 atom stereocenters. The fraction of sp³-hybridized carbons (Fsp3) is 0.0303. The lowest BCUT2D eigenvalue weighted by Crippen LogP contribution is -2.01. The molecule has 7 rings (SSSR count). The molecule has 0 fully saturated rings. The zero-order valence-electron chi connectivity index (χ0n) is 22.4. The topological polar surface area (TPSA) is 30.7 Å². The summed E-state index contributed by atoms with van der Waals surface area (Å²) in [7, 11) is 0. The van der Waals surface area contributed by atoms with Gasteiger partial charge in [0.2, 0.25) is 0 Å². The maximum atomic E-state index is 8.34. The van der Waals surface area contributed by atoms with Crippen LogP contribution in [-0.4, -0.2) is 14.5 Å². The van der Waals surface area contributed by atoms with Crippen molar-refractivity contribution in [2.75, 3.05) is 0 Å². The Bertz CT molecular complexity index is 1950. The zero-order chi connectivity index (χ0) is 26.6. The molecule has 3 heteroatoms. The maximum absolute atomic E-state index is 8.34. The minimum Gasteiger partial charge on any atom is -0.295 e. The number of aryl methyl sites for hydroxylation is 1. The number of rotatable bonds is 3. The van der Waals surface area contributed by atoms with Gasteiger partial charge in [-0.15, -0.1) is 0 Å². The van der Waals surface area contributed by atoms with Crippen molar-refractivity contribution in [3.63, 3.8) is 0 Å². The first-order valence-corrected chi connectivity index (χ1v) is 11.9. The van der Waals surface area contributed by atoms with Gasteiger partial charge >= 0.3 is 0 Å². The molecule has 170 valence electrons. The molecule has 0 saturated heterocycles. The minimum atomic E-state index is -2.39. The molecule has 0 N–H and O–H groups in total. The molecule has 0 bridgehead atoms. The van der Waals surface area contributed by atoms with Crippen LogP contribution in [0, 0.1) is 6.85 Å². The van der Waals surface area contributed by atoms with E-state index in [2.05, 4.69) is 58.5 Å². The number of pyridine rings is 1. The summed E-state index contributed by atoms with van der Waals surface area (Å²) in [6.45, 7) is -2.39. The molecule has 0 amide bonds. The van der Waals surface area contributed by atoms with Gasteiger partial charge in [-0.1, -0.05) is 78.9 Å². The molecule has 2 heterocycles. The fourth-order valence-corrected chi connectivity index (χ4v) is 5.31. The Hall–Kier alpha value is -4.76. The summed E-state index contributed by atoms with van der Waals surface area (Å²) in [6, 6.07) is 36.7. The Morgan fingerprint density at radius 1 is 0.611 bits per heavy atom. The average molecular weight is 465 g/mol. The summed E-state index contributed by atoms with van der Waals surface area (Å²) in [5, 5.41) is 4.03. The van der Waals surface area contributed by atoms with Crippen molar-refractivity contribution in [2.24, 2.45) is 0 Å². The van der Waals surface area contributed by atoms with E-state index in [0.29, 0.717) is 5.52 Å². The van der Waals surface area contributed by atoms with E-state index in [1.807, 2.05) is 65.2 Å². The third kappa shape index (κ3) is 3.14. The van der Waals surface area contributed by atoms with Crippen molar-refractivity contribution in [3.8, 4) is 27.9 Å². The van der Waals surface area contributed by atoms with Gasteiger partial charge in [0.05, 0.1) is 16.7 Å². The van der Waals surface area contributed by atoms with Crippen molar-refractivity contribution >= 4 is 32.6 Å². The zero-order valence-corrected chi connectivity index (χ0v) is 19.4. The van der Waals surface area contributed by atoms with Gasteiger partial charge in [-0.3, -0.25) is 9.55 Å². The summed E-state index contributed by atoms with van der Waals surface area (Å²) < 4.78 is 26.9. The number of nitrogens with zero attached hydrogens (tertiary/aromatic N) is 3. The molecule has 0 aliphatic carbocycles. The molecule has 7 aromatic rings. The van der Waals surface area contributed by atoms with E-state index in [-0.39, 0.29) is 5.82 Å². The highest BCUT2D eigenvalue weighted by atomic mass is 15.1. The molecule has 5 aromatic carbocycles. The highest BCUT2D eigenvalue weighted by molar-refractivity contribution is 6.18. The van der Waals surface area contributed by atoms with Crippen LogP contribution >= 0.6 is 0 Å². The Morgan fingerprint density at radius 3 is 1.97 bits per heavy atom. The van der Waals surface area contributed by atoms with E-state index >= 15 is 0 Å². The molecule has 2 aromatic heterocycles. The Kier molecular flexibility index (Phi) is 4.01. The number of aromatic nitrogens is 3. The monoisotopic (exact) mass is 464 g/mol. The van der Waals surface area contributed by atoms with Gasteiger partial charge < -0.3 is 0 Å². The normalized spacial score (nSPS) is 13.1. The van der Waals surface area contributed by atoms with Gasteiger partial charge in [-0.2, -0.15) is 0 Å². The van der Waals surface area contributed by atoms with Gasteiger partial charge in [0, 0.05) is 27.3 Å². The molecule has 36 heavy (non-hydrogen) atoms. The fourth-order valence-electron chi connectivity index (χ4n) is 5.31. The van der Waals surface area contributed by atoms with Crippen LogP contribution in [-0.2, 0) is 0 Å². The number of hydrogen-bond acceptors (Lipinski definition) is 2. The number of benzene rings is 5. The van der Waals surface area contributed by atoms with Crippen LogP contribution in [0.3, 0.4) is 0 Å². The molecule has 0 spiro atoms. The van der Waals surface area contributed by atoms with Crippen molar-refractivity contribution in [3.05, 3.63) is 127 Å². The van der Waals surface area contributed by atoms with Crippen molar-refractivity contribution in [1.82, 2.24) is 14.5 Å². The molecule has 0 saturated carbocycles. The standard InChI is InChI=1S/C33H23N3/c1-22-35-30-15-6-7-16-31(30)36(22)33-28-13-4-2-11-26(28)32(27-12-3-5-14-29(27)33)25-10-8-9-24(21-25)23-17-19-34-20-18-23/h2-21H,1H3/i1D3. The van der Waals surface area contributed by atoms with Gasteiger partial charge in [0.25, 0.3) is 0 Å². The van der Waals surface area contributed by atoms with Gasteiger partial charge in [-0.05, 0) is 70.2 Å². The summed E-state index contributed by atoms with van der Waals surface area (Å²) in [5.74, 6) is 0.0615. The molecule has 3 nitrogen and oxygen atoms in total. The second-order valence-electron chi connectivity index (χ2n) is 8.89. The average Bonchev–Trinajstić information content (AvgIpc) is 3.36. The van der Waals surface area contributed by atoms with Crippen LogP contribution in [0.4, 0.5) is 0 Å². The number of hydrogen-bond donors (Lipinski definition) is 0. The Labute approximate surface area is 213 Å². The Balaban J connectivity index is 1.62. The molecular formula is C33H23N3. The smallest absolute Gasteiger partial charge is 0.111 e. The highest BCUT2D eigenvalue weighted by Gasteiger charge is 2.19. The molecule has 0 aliphatic heterocycles. The third-order valence-electron chi connectivity index (χ3n) is 6.85. The largest absolute Gasteiger partial charge is 0.295 e. The Morgan fingerprint density at radius 2 is 1.25 bits per heavy atom. The van der Waals surface area contributed by atoms with Crippen LogP contribution < -0.4 is 0 Å². The quantitative estimate of drug-likeness (QED) is 0.246. The summed E-state index contributed by atoms with van der Waals surface area (Å²) >= 11 is 0. The second-order valence-corrected chi connectivity index (χ2v) is 8.89. The number of para-hydroxylation sites is 2. The lowest BCUT2D eigenvalue weighted by atomic mass is 9.89. The van der Waals surface area contributed by atoms with E-state index in [1.165, 1.54) is 0 Å². The number of imidazole rings is 1. The predicted molar refractivity (Wildman–Crippen MR) is 149 cm³/mol. The third-order valence-corrected chi connectivity index (χ3v) is 6.85. The van der Waals surface area contributed by atoms with E-state index in [0.717, 1.165) is 55.0 Å². The number of fused-ring (bicyclic) bond motifs is 3. The van der Waals surface area contributed by atoms with Crippen LogP contribution in [0.15, 0.2) is 122 Å². The first-order chi connectivity index (χ1) is 19.0. The van der Waals surface area contributed by atoms with Gasteiger partial charge in [-0.25, -0.2) is 4.98 Å². The second kappa shape index (κ2) is 8.17. The van der Waals surface area contributed by atoms with E-state index < -0.39 is 6.85 Å². The lowest BCUT2D eigenvalue weighted by molar-refractivity contribution is 1.02. The molecular weight excluding hydrogens is 438 g/mol. The molecule has 0 aliphatic rings. The van der Waals surface area contributed by atoms with Crippen LogP contribution in [0.25, 0.3) is 60.5 Å². The lowest BCUT2D eigenvalue weighted by Gasteiger charge is -2.19. The van der Waals surface area contributed by atoms with E-state index in [9.17, 15) is 0 Å². The maximum Gasteiger partial charge on any atom is 0.111 e. The van der Waals surface area contributed by atoms with Crippen LogP contribution in [0.5, 0.6) is 0 Å². The molecule has 0 radical (unpaired) electrons. The van der Waals surface area contributed by atoms with E-state index in [4.69, 9.17) is 4.11 Å². The van der Waals surface area contributed by atoms with Gasteiger partial charge in [0.1, 0.15) is 5.82 Å². The SMILES string of the molecule is [2H]C([2H])([2H])c1nc2ccccc2n1-c1c2ccccc2c(-c2cccc(-c3ccncc3)c2)c2ccccc12. The van der Waals surface area contributed by atoms with Crippen molar-refractivity contribution < 1.29 is 4.11 Å². The highest BCUT2D eigenvalue weighted by Crippen LogP contribution is 2.42. The van der Waals surface area contributed by atoms with E-state index in [1.54, 1.807) is 12.4 Å². The minimum absolute atomic E-state index is 0.0615.